The molecule has 18 nitrogen and oxygen atoms in total. The van der Waals surface area contributed by atoms with Crippen LogP contribution in [0.1, 0.15) is 60.6 Å². The van der Waals surface area contributed by atoms with Gasteiger partial charge >= 0.3 is 0 Å². The smallest absolute Gasteiger partial charge is 0.259 e. The van der Waals surface area contributed by atoms with Crippen LogP contribution in [0.15, 0.2) is 237 Å². The van der Waals surface area contributed by atoms with Crippen molar-refractivity contribution in [3.8, 4) is 77.3 Å². The number of carbonyl (C=O) groups is 3. The maximum absolute atomic E-state index is 14.8. The number of amides is 3. The minimum absolute atomic E-state index is 0.145. The van der Waals surface area contributed by atoms with Crippen LogP contribution < -0.4 is 25.4 Å². The molecule has 0 saturated carbocycles. The molecule has 16 rings (SSSR count). The van der Waals surface area contributed by atoms with E-state index in [1.807, 2.05) is 199 Å². The Morgan fingerprint density at radius 2 is 1.03 bits per heavy atom. The molecule has 105 heavy (non-hydrogen) atoms. The number of imidazole rings is 1. The van der Waals surface area contributed by atoms with Crippen LogP contribution >= 0.6 is 22.7 Å². The van der Waals surface area contributed by atoms with Gasteiger partial charge in [-0.05, 0) is 150 Å². The van der Waals surface area contributed by atoms with E-state index in [9.17, 15) is 14.4 Å². The van der Waals surface area contributed by atoms with Crippen molar-refractivity contribution in [3.05, 3.63) is 270 Å². The third-order valence-electron chi connectivity index (χ3n) is 19.5. The Morgan fingerprint density at radius 1 is 0.486 bits per heavy atom. The summed E-state index contributed by atoms with van der Waals surface area (Å²) in [4.78, 5) is 77.5. The number of likely N-dealkylation sites (tertiary alicyclic amines) is 1. The normalized spacial score (nSPS) is 13.5. The summed E-state index contributed by atoms with van der Waals surface area (Å²) in [5.74, 6) is 0.0128. The molecule has 3 N–H and O–H groups in total. The number of aromatic nitrogens is 6. The summed E-state index contributed by atoms with van der Waals surface area (Å²) in [6.45, 7) is 8.65. The lowest BCUT2D eigenvalue weighted by atomic mass is 9.95. The highest BCUT2D eigenvalue weighted by atomic mass is 32.1. The molecule has 20 heteroatoms. The van der Waals surface area contributed by atoms with Gasteiger partial charge in [-0.2, -0.15) is 0 Å². The Morgan fingerprint density at radius 3 is 1.70 bits per heavy atom. The Labute approximate surface area is 615 Å². The number of benzene rings is 8. The summed E-state index contributed by atoms with van der Waals surface area (Å²) < 4.78 is 19.9. The Bertz CT molecular complexity index is 5520. The zero-order valence-corrected chi connectivity index (χ0v) is 59.6. The van der Waals surface area contributed by atoms with Gasteiger partial charge in [-0.25, -0.2) is 24.9 Å². The molecule has 6 aromatic heterocycles. The molecule has 0 spiro atoms. The summed E-state index contributed by atoms with van der Waals surface area (Å²) >= 11 is 2.96. The molecule has 2 aliphatic heterocycles. The highest BCUT2D eigenvalue weighted by Gasteiger charge is 2.26. The van der Waals surface area contributed by atoms with Crippen molar-refractivity contribution < 1.29 is 28.6 Å². The predicted octanol–water partition coefficient (Wildman–Crippen LogP) is 17.0. The van der Waals surface area contributed by atoms with Gasteiger partial charge in [0.25, 0.3) is 17.7 Å². The number of nitrogens with one attached hydrogen (secondary N) is 3. The van der Waals surface area contributed by atoms with Crippen LogP contribution in [0.5, 0.6) is 11.5 Å². The third-order valence-corrected chi connectivity index (χ3v) is 21.5. The Balaban J connectivity index is 0.659. The predicted molar refractivity (Wildman–Crippen MR) is 418 cm³/mol. The minimum atomic E-state index is -0.346. The first-order chi connectivity index (χ1) is 51.6. The number of hydrogen-bond donors (Lipinski definition) is 3. The first-order valence-electron chi connectivity index (χ1n) is 35.2. The van der Waals surface area contributed by atoms with Gasteiger partial charge < -0.3 is 34.6 Å². The number of para-hydroxylation sites is 3. The van der Waals surface area contributed by atoms with Crippen LogP contribution in [0.4, 0.5) is 17.1 Å². The number of methoxy groups -OCH3 is 2. The van der Waals surface area contributed by atoms with E-state index in [4.69, 9.17) is 39.1 Å². The molecule has 0 aliphatic carbocycles. The minimum Gasteiger partial charge on any atom is -0.496 e. The van der Waals surface area contributed by atoms with E-state index < -0.39 is 0 Å². The fourth-order valence-corrected chi connectivity index (χ4v) is 15.9. The van der Waals surface area contributed by atoms with E-state index in [2.05, 4.69) is 54.9 Å². The molecule has 2 fully saturated rings. The SMILES string of the molecule is COCCN1CCN(Cc2cnc3sc(-c4ccccc4NC(=O)c4cccc(-c5cccc(-c6c(CN7CCCC7)cnc7sc(-c8ccccc8NC(=O)c8cccc(-c9ccccc9)c8)nc67)c5)c4)nc3c2COc2ccc(C(=O)Nc3ccccc3-c3cn4ccccc4n3)c(OC)c2)CC1. The molecule has 0 bridgehead atoms. The van der Waals surface area contributed by atoms with Crippen LogP contribution in [0.2, 0.25) is 0 Å². The standard InChI is InChI=1S/C85H74N12O6S2/c1-101-44-43-94-39-41-96(42-40-94)51-62-49-86-84-77(69(62)54-103-64-34-35-68(74(48-64)102-2)81(100)91-70-30-9-6-27-65(70)73-53-97-38-13-12-33-75(97)88-73)92-82(104-84)66-28-7-10-31-71(66)89-80(99)61-26-18-23-58(47-61)57-22-16-24-59(45-57)76-63(52-95-36-14-15-37-95)50-87-85-78(76)93-83(105-85)67-29-8-11-32-72(67)90-79(98)60-25-17-21-56(46-60)55-19-4-3-5-20-55/h3-13,16-35,38,45-50,53H,14-15,36-37,39-44,51-52,54H2,1-2H3,(H,89,99)(H,90,98)(H,91,100). The average Bonchev–Trinajstić information content (AvgIpc) is 1.65. The van der Waals surface area contributed by atoms with Crippen molar-refractivity contribution in [3.63, 3.8) is 0 Å². The van der Waals surface area contributed by atoms with Crippen molar-refractivity contribution in [2.24, 2.45) is 0 Å². The van der Waals surface area contributed by atoms with Crippen molar-refractivity contribution >= 4 is 83.8 Å². The number of anilines is 3. The van der Waals surface area contributed by atoms with Crippen molar-refractivity contribution in [1.29, 1.82) is 0 Å². The topological polar surface area (TPSA) is 194 Å². The molecule has 0 radical (unpaired) electrons. The first-order valence-corrected chi connectivity index (χ1v) is 36.8. The quantitative estimate of drug-likeness (QED) is 0.0547. The second kappa shape index (κ2) is 30.8. The molecule has 2 saturated heterocycles. The largest absolute Gasteiger partial charge is 0.496 e. The van der Waals surface area contributed by atoms with Gasteiger partial charge in [-0.1, -0.05) is 144 Å². The molecule has 0 atom stereocenters. The highest BCUT2D eigenvalue weighted by Crippen LogP contribution is 2.42. The molecule has 0 unspecified atom stereocenters. The molecule has 8 heterocycles. The highest BCUT2D eigenvalue weighted by molar-refractivity contribution is 7.21. The molecule has 2 aliphatic rings. The molecule has 8 aromatic carbocycles. The Kier molecular flexibility index (Phi) is 19.9. The first kappa shape index (κ1) is 67.8. The molecular formula is C85H74N12O6S2. The second-order valence-corrected chi connectivity index (χ2v) is 28.2. The number of thiazole rings is 2. The summed E-state index contributed by atoms with van der Waals surface area (Å²) in [6.07, 6.45) is 10.1. The summed E-state index contributed by atoms with van der Waals surface area (Å²) in [5, 5.41) is 11.0. The Hall–Kier alpha value is -11.6. The summed E-state index contributed by atoms with van der Waals surface area (Å²) in [7, 11) is 3.28. The van der Waals surface area contributed by atoms with Gasteiger partial charge in [-0.15, -0.1) is 0 Å². The second-order valence-electron chi connectivity index (χ2n) is 26.2. The summed E-state index contributed by atoms with van der Waals surface area (Å²) in [5.41, 5.74) is 17.3. The van der Waals surface area contributed by atoms with Crippen LogP contribution in [-0.2, 0) is 24.4 Å². The van der Waals surface area contributed by atoms with Crippen LogP contribution in [-0.4, -0.2) is 128 Å². The lowest BCUT2D eigenvalue weighted by Gasteiger charge is -2.34. The third kappa shape index (κ3) is 14.9. The number of carbonyl (C=O) groups excluding carboxylic acids is 3. The van der Waals surface area contributed by atoms with Crippen molar-refractivity contribution in [2.75, 3.05) is 82.6 Å². The van der Waals surface area contributed by atoms with Gasteiger partial charge in [0.2, 0.25) is 0 Å². The van der Waals surface area contributed by atoms with Gasteiger partial charge in [0.05, 0.1) is 42.0 Å². The molecule has 14 aromatic rings. The van der Waals surface area contributed by atoms with Gasteiger partial charge in [0, 0.05) is 123 Å². The van der Waals surface area contributed by atoms with Gasteiger partial charge in [0.15, 0.2) is 0 Å². The van der Waals surface area contributed by atoms with E-state index in [1.54, 1.807) is 32.4 Å². The van der Waals surface area contributed by atoms with Crippen molar-refractivity contribution in [2.45, 2.75) is 32.5 Å². The van der Waals surface area contributed by atoms with E-state index in [-0.39, 0.29) is 24.3 Å². The summed E-state index contributed by atoms with van der Waals surface area (Å²) in [6, 6.07) is 68.1. The number of piperazine rings is 1. The van der Waals surface area contributed by atoms with Crippen LogP contribution in [0.25, 0.3) is 92.1 Å². The van der Waals surface area contributed by atoms with E-state index in [0.717, 1.165) is 163 Å². The maximum Gasteiger partial charge on any atom is 0.259 e. The zero-order valence-electron chi connectivity index (χ0n) is 58.0. The van der Waals surface area contributed by atoms with Crippen molar-refractivity contribution in [1.82, 2.24) is 44.0 Å². The fraction of sp³-hybridized carbons (Fsp3) is 0.176. The number of nitrogens with zero attached hydrogens (tertiary/aromatic N) is 9. The lowest BCUT2D eigenvalue weighted by molar-refractivity contribution is 0.0935. The fourth-order valence-electron chi connectivity index (χ4n) is 13.9. The molecule has 3 amide bonds. The molecular weight excluding hydrogens is 1350 g/mol. The molecule has 522 valence electrons. The number of rotatable bonds is 23. The van der Waals surface area contributed by atoms with Gasteiger partial charge in [0.1, 0.15) is 54.5 Å². The number of pyridine rings is 3. The number of ether oxygens (including phenoxy) is 3. The average molecular weight is 1420 g/mol. The lowest BCUT2D eigenvalue weighted by Crippen LogP contribution is -2.46. The number of fused-ring (bicyclic) bond motifs is 3. The zero-order chi connectivity index (χ0) is 71.2. The van der Waals surface area contributed by atoms with Crippen LogP contribution in [0.3, 0.4) is 0 Å². The van der Waals surface area contributed by atoms with E-state index in [0.29, 0.717) is 68.9 Å². The van der Waals surface area contributed by atoms with E-state index >= 15 is 0 Å². The van der Waals surface area contributed by atoms with E-state index in [1.165, 1.54) is 22.7 Å². The maximum atomic E-state index is 14.8. The van der Waals surface area contributed by atoms with Gasteiger partial charge in [-0.3, -0.25) is 29.1 Å². The number of hydrogen-bond acceptors (Lipinski definition) is 16. The monoisotopic (exact) mass is 1420 g/mol. The van der Waals surface area contributed by atoms with Crippen LogP contribution in [0, 0.1) is 0 Å².